The molecule has 0 saturated carbocycles. The van der Waals surface area contributed by atoms with E-state index in [1.54, 1.807) is 30.3 Å². The molecule has 7 nitrogen and oxygen atoms in total. The summed E-state index contributed by atoms with van der Waals surface area (Å²) in [4.78, 5) is 23.5. The molecule has 0 atom stereocenters. The Labute approximate surface area is 179 Å². The molecular formula is C20H22Cl2N4O3. The van der Waals surface area contributed by atoms with E-state index in [2.05, 4.69) is 21.2 Å². The topological polar surface area (TPSA) is 91.8 Å². The third-order valence-corrected chi connectivity index (χ3v) is 4.12. The van der Waals surface area contributed by atoms with E-state index in [1.165, 1.54) is 6.21 Å². The zero-order valence-electron chi connectivity index (χ0n) is 15.9. The second kappa shape index (κ2) is 12.1. The van der Waals surface area contributed by atoms with Crippen LogP contribution in [0.5, 0.6) is 0 Å². The molecule has 2 aromatic carbocycles. The molecule has 2 aromatic rings. The molecule has 0 heterocycles. The second-order valence-electron chi connectivity index (χ2n) is 5.87. The van der Waals surface area contributed by atoms with E-state index in [4.69, 9.17) is 27.9 Å². The maximum atomic E-state index is 11.8. The van der Waals surface area contributed by atoms with Crippen molar-refractivity contribution < 1.29 is 14.3 Å². The monoisotopic (exact) mass is 436 g/mol. The summed E-state index contributed by atoms with van der Waals surface area (Å²) in [7, 11) is 0. The molecule has 0 bridgehead atoms. The lowest BCUT2D eigenvalue weighted by molar-refractivity contribution is -0.139. The first-order valence-corrected chi connectivity index (χ1v) is 9.76. The molecule has 0 radical (unpaired) electrons. The van der Waals surface area contributed by atoms with Crippen molar-refractivity contribution in [3.8, 4) is 0 Å². The summed E-state index contributed by atoms with van der Waals surface area (Å²) in [6.45, 7) is 3.37. The molecule has 0 aliphatic heterocycles. The van der Waals surface area contributed by atoms with E-state index in [9.17, 15) is 9.59 Å². The highest BCUT2D eigenvalue weighted by atomic mass is 35.5. The number of carbonyl (C=O) groups excluding carboxylic acids is 2. The van der Waals surface area contributed by atoms with E-state index >= 15 is 0 Å². The number of anilines is 2. The number of nitrogens with one attached hydrogen (secondary N) is 3. The van der Waals surface area contributed by atoms with Crippen LogP contribution in [-0.2, 0) is 14.3 Å². The lowest BCUT2D eigenvalue weighted by Gasteiger charge is -2.10. The molecule has 0 spiro atoms. The number of nitrogens with zero attached hydrogens (tertiary/aromatic N) is 1. The average molecular weight is 437 g/mol. The minimum absolute atomic E-state index is 0.345. The van der Waals surface area contributed by atoms with Gasteiger partial charge in [0, 0.05) is 46.7 Å². The molecule has 0 aliphatic rings. The molecule has 0 saturated heterocycles. The number of ether oxygens (including phenoxy) is 1. The van der Waals surface area contributed by atoms with Crippen LogP contribution >= 0.6 is 23.2 Å². The third-order valence-electron chi connectivity index (χ3n) is 3.65. The summed E-state index contributed by atoms with van der Waals surface area (Å²) in [5, 5.41) is 10.6. The molecule has 0 aromatic heterocycles. The number of hydrogen-bond donors (Lipinski definition) is 3. The zero-order chi connectivity index (χ0) is 21.1. The Morgan fingerprint density at radius 3 is 2.66 bits per heavy atom. The fraction of sp³-hybridized carbons (Fsp3) is 0.250. The van der Waals surface area contributed by atoms with Gasteiger partial charge in [-0.05, 0) is 49.7 Å². The van der Waals surface area contributed by atoms with E-state index in [1.807, 2.05) is 19.1 Å². The van der Waals surface area contributed by atoms with E-state index in [0.717, 1.165) is 5.69 Å². The highest BCUT2D eigenvalue weighted by molar-refractivity contribution is 6.35. The minimum atomic E-state index is -0.857. The Hall–Kier alpha value is -2.61. The molecule has 0 fully saturated rings. The SMILES string of the molecule is CCOCCCNC(=O)C(=O)N/N=C\c1cc(Cl)ccc1Nc1cccc(Cl)c1. The maximum Gasteiger partial charge on any atom is 0.329 e. The maximum absolute atomic E-state index is 11.8. The van der Waals surface area contributed by atoms with Crippen LogP contribution in [0.1, 0.15) is 18.9 Å². The standard InChI is InChI=1S/C20H22Cl2N4O3/c1-2-29-10-4-9-23-19(27)20(28)26-24-13-14-11-16(22)7-8-18(14)25-17-6-3-5-15(21)12-17/h3,5-8,11-13,25H,2,4,9-10H2,1H3,(H,23,27)(H,26,28)/b24-13-. The largest absolute Gasteiger partial charge is 0.382 e. The first-order chi connectivity index (χ1) is 14.0. The lowest BCUT2D eigenvalue weighted by atomic mass is 10.2. The molecule has 9 heteroatoms. The predicted octanol–water partition coefficient (Wildman–Crippen LogP) is 3.73. The first-order valence-electron chi connectivity index (χ1n) is 9.00. The Morgan fingerprint density at radius 1 is 1.10 bits per heavy atom. The van der Waals surface area contributed by atoms with Gasteiger partial charge in [0.15, 0.2) is 0 Å². The minimum Gasteiger partial charge on any atom is -0.382 e. The number of rotatable bonds is 9. The lowest BCUT2D eigenvalue weighted by Crippen LogP contribution is -2.38. The molecule has 2 amide bonds. The summed E-state index contributed by atoms with van der Waals surface area (Å²) >= 11 is 12.1. The van der Waals surface area contributed by atoms with E-state index in [0.29, 0.717) is 47.5 Å². The van der Waals surface area contributed by atoms with Crippen molar-refractivity contribution in [1.29, 1.82) is 0 Å². The van der Waals surface area contributed by atoms with Crippen LogP contribution < -0.4 is 16.1 Å². The first kappa shape index (κ1) is 22.7. The molecule has 0 unspecified atom stereocenters. The third kappa shape index (κ3) is 8.11. The Morgan fingerprint density at radius 2 is 1.90 bits per heavy atom. The van der Waals surface area contributed by atoms with Gasteiger partial charge in [-0.15, -0.1) is 0 Å². The summed E-state index contributed by atoms with van der Waals surface area (Å²) < 4.78 is 5.16. The highest BCUT2D eigenvalue weighted by Gasteiger charge is 2.11. The van der Waals surface area contributed by atoms with Gasteiger partial charge < -0.3 is 15.4 Å². The molecule has 2 rings (SSSR count). The molecule has 3 N–H and O–H groups in total. The van der Waals surface area contributed by atoms with Crippen molar-refractivity contribution in [2.24, 2.45) is 5.10 Å². The summed E-state index contributed by atoms with van der Waals surface area (Å²) in [5.74, 6) is -1.62. The fourth-order valence-electron chi connectivity index (χ4n) is 2.29. The molecule has 154 valence electrons. The molecular weight excluding hydrogens is 415 g/mol. The molecule has 29 heavy (non-hydrogen) atoms. The summed E-state index contributed by atoms with van der Waals surface area (Å²) in [6.07, 6.45) is 2.02. The normalized spacial score (nSPS) is 10.7. The van der Waals surface area contributed by atoms with E-state index < -0.39 is 11.8 Å². The van der Waals surface area contributed by atoms with Gasteiger partial charge in [-0.1, -0.05) is 29.3 Å². The highest BCUT2D eigenvalue weighted by Crippen LogP contribution is 2.24. The quantitative estimate of drug-likeness (QED) is 0.241. The van der Waals surface area contributed by atoms with Crippen LogP contribution in [0.25, 0.3) is 0 Å². The summed E-state index contributed by atoms with van der Waals surface area (Å²) in [5.41, 5.74) is 4.30. The number of benzene rings is 2. The van der Waals surface area contributed by atoms with Crippen molar-refractivity contribution in [2.45, 2.75) is 13.3 Å². The van der Waals surface area contributed by atoms with Crippen LogP contribution in [0.15, 0.2) is 47.6 Å². The van der Waals surface area contributed by atoms with Crippen molar-refractivity contribution in [1.82, 2.24) is 10.7 Å². The van der Waals surface area contributed by atoms with Gasteiger partial charge >= 0.3 is 11.8 Å². The molecule has 0 aliphatic carbocycles. The van der Waals surface area contributed by atoms with Gasteiger partial charge in [0.05, 0.1) is 6.21 Å². The predicted molar refractivity (Wildman–Crippen MR) is 116 cm³/mol. The fourth-order valence-corrected chi connectivity index (χ4v) is 2.66. The zero-order valence-corrected chi connectivity index (χ0v) is 17.4. The second-order valence-corrected chi connectivity index (χ2v) is 6.75. The van der Waals surface area contributed by atoms with Gasteiger partial charge in [0.25, 0.3) is 0 Å². The van der Waals surface area contributed by atoms with Crippen LogP contribution in [-0.4, -0.2) is 37.8 Å². The number of hydrogen-bond acceptors (Lipinski definition) is 5. The smallest absolute Gasteiger partial charge is 0.329 e. The number of halogens is 2. The van der Waals surface area contributed by atoms with Gasteiger partial charge in [-0.2, -0.15) is 5.10 Å². The summed E-state index contributed by atoms with van der Waals surface area (Å²) in [6, 6.07) is 12.4. The number of amides is 2. The Bertz CT molecular complexity index is 875. The number of hydrazone groups is 1. The van der Waals surface area contributed by atoms with Gasteiger partial charge in [-0.25, -0.2) is 5.43 Å². The number of carbonyl (C=O) groups is 2. The van der Waals surface area contributed by atoms with Crippen LogP contribution in [0.3, 0.4) is 0 Å². The average Bonchev–Trinajstić information content (AvgIpc) is 2.69. The van der Waals surface area contributed by atoms with Crippen LogP contribution in [0.2, 0.25) is 10.0 Å². The van der Waals surface area contributed by atoms with Gasteiger partial charge in [0.1, 0.15) is 0 Å². The van der Waals surface area contributed by atoms with Gasteiger partial charge in [0.2, 0.25) is 0 Å². The van der Waals surface area contributed by atoms with Crippen molar-refractivity contribution in [2.75, 3.05) is 25.1 Å². The van der Waals surface area contributed by atoms with E-state index in [-0.39, 0.29) is 0 Å². The Kier molecular flexibility index (Phi) is 9.43. The van der Waals surface area contributed by atoms with Gasteiger partial charge in [-0.3, -0.25) is 9.59 Å². The Balaban J connectivity index is 1.94. The van der Waals surface area contributed by atoms with Crippen molar-refractivity contribution >= 4 is 52.6 Å². The van der Waals surface area contributed by atoms with Crippen LogP contribution in [0, 0.1) is 0 Å². The van der Waals surface area contributed by atoms with Crippen molar-refractivity contribution in [3.63, 3.8) is 0 Å². The van der Waals surface area contributed by atoms with Crippen molar-refractivity contribution in [3.05, 3.63) is 58.1 Å². The van der Waals surface area contributed by atoms with Crippen LogP contribution in [0.4, 0.5) is 11.4 Å².